The first-order valence-electron chi connectivity index (χ1n) is 7.43. The molecule has 2 aromatic rings. The third-order valence-electron chi connectivity index (χ3n) is 3.28. The molecule has 0 bridgehead atoms. The molecule has 1 heterocycles. The van der Waals surface area contributed by atoms with Crippen LogP contribution in [0.5, 0.6) is 0 Å². The maximum atomic E-state index is 12.5. The minimum atomic E-state index is -0.287. The lowest BCUT2D eigenvalue weighted by Gasteiger charge is -2.18. The fraction of sp³-hybridized carbons (Fsp3) is 0.312. The summed E-state index contributed by atoms with van der Waals surface area (Å²) in [5.74, 6) is -0.474. The highest BCUT2D eigenvalue weighted by molar-refractivity contribution is 6.32. The zero-order valence-corrected chi connectivity index (χ0v) is 13.9. The Morgan fingerprint density at radius 1 is 1.26 bits per heavy atom. The van der Waals surface area contributed by atoms with E-state index in [2.05, 4.69) is 10.4 Å². The summed E-state index contributed by atoms with van der Waals surface area (Å²) in [6.45, 7) is 4.63. The van der Waals surface area contributed by atoms with Gasteiger partial charge >= 0.3 is 0 Å². The van der Waals surface area contributed by atoms with E-state index < -0.39 is 0 Å². The maximum absolute atomic E-state index is 12.5. The summed E-state index contributed by atoms with van der Waals surface area (Å²) >= 11 is 6.13. The van der Waals surface area contributed by atoms with E-state index in [-0.39, 0.29) is 24.1 Å². The first-order valence-corrected chi connectivity index (χ1v) is 7.81. The van der Waals surface area contributed by atoms with E-state index in [1.165, 1.54) is 4.90 Å². The molecule has 2 amide bonds. The number of amides is 2. The number of nitrogens with zero attached hydrogens (tertiary/aromatic N) is 3. The van der Waals surface area contributed by atoms with Gasteiger partial charge in [-0.05, 0) is 32.0 Å². The van der Waals surface area contributed by atoms with Crippen LogP contribution in [-0.4, -0.2) is 46.1 Å². The van der Waals surface area contributed by atoms with E-state index in [9.17, 15) is 9.59 Å². The van der Waals surface area contributed by atoms with Gasteiger partial charge in [-0.1, -0.05) is 23.7 Å². The third-order valence-corrected chi connectivity index (χ3v) is 3.60. The number of hydrogen-bond donors (Lipinski definition) is 1. The van der Waals surface area contributed by atoms with E-state index in [1.807, 2.05) is 32.0 Å². The van der Waals surface area contributed by atoms with Crippen LogP contribution in [-0.2, 0) is 4.79 Å². The lowest BCUT2D eigenvalue weighted by Crippen LogP contribution is -2.40. The molecule has 0 aliphatic carbocycles. The van der Waals surface area contributed by atoms with Crippen LogP contribution in [0.15, 0.2) is 36.5 Å². The number of para-hydroxylation sites is 1. The molecular formula is C16H19ClN4O2. The summed E-state index contributed by atoms with van der Waals surface area (Å²) in [5, 5.41) is 7.50. The van der Waals surface area contributed by atoms with Crippen molar-refractivity contribution in [2.75, 3.05) is 19.6 Å². The van der Waals surface area contributed by atoms with E-state index in [0.717, 1.165) is 0 Å². The Hall–Kier alpha value is -2.34. The highest BCUT2D eigenvalue weighted by Gasteiger charge is 2.19. The maximum Gasteiger partial charge on any atom is 0.274 e. The molecule has 0 aliphatic heterocycles. The van der Waals surface area contributed by atoms with Crippen LogP contribution >= 0.6 is 11.6 Å². The molecule has 23 heavy (non-hydrogen) atoms. The Morgan fingerprint density at radius 2 is 2.00 bits per heavy atom. The molecule has 0 saturated heterocycles. The molecule has 0 fully saturated rings. The summed E-state index contributed by atoms with van der Waals surface area (Å²) in [4.78, 5) is 25.6. The van der Waals surface area contributed by atoms with E-state index >= 15 is 0 Å². The van der Waals surface area contributed by atoms with Gasteiger partial charge in [0.25, 0.3) is 5.91 Å². The third kappa shape index (κ3) is 4.10. The van der Waals surface area contributed by atoms with Crippen LogP contribution in [0.4, 0.5) is 0 Å². The molecule has 0 atom stereocenters. The van der Waals surface area contributed by atoms with Gasteiger partial charge in [0.1, 0.15) is 0 Å². The number of carbonyl (C=O) groups excluding carboxylic acids is 2. The number of rotatable bonds is 6. The van der Waals surface area contributed by atoms with Crippen molar-refractivity contribution in [3.8, 4) is 5.69 Å². The standard InChI is InChI=1S/C16H19ClN4O2/c1-3-18-15(22)11-20(4-2)16(23)13-9-10-21(19-13)14-8-6-5-7-12(14)17/h5-10H,3-4,11H2,1-2H3,(H,18,22). The molecule has 7 heteroatoms. The molecule has 1 aromatic carbocycles. The Bertz CT molecular complexity index is 699. The lowest BCUT2D eigenvalue weighted by molar-refractivity contribution is -0.121. The Balaban J connectivity index is 2.17. The topological polar surface area (TPSA) is 67.2 Å². The second-order valence-electron chi connectivity index (χ2n) is 4.87. The molecule has 0 radical (unpaired) electrons. The number of carbonyl (C=O) groups is 2. The molecule has 0 aliphatic rings. The monoisotopic (exact) mass is 334 g/mol. The van der Waals surface area contributed by atoms with Crippen molar-refractivity contribution < 1.29 is 9.59 Å². The zero-order valence-electron chi connectivity index (χ0n) is 13.1. The molecule has 0 saturated carbocycles. The van der Waals surface area contributed by atoms with Crippen molar-refractivity contribution in [3.63, 3.8) is 0 Å². The normalized spacial score (nSPS) is 10.4. The van der Waals surface area contributed by atoms with Gasteiger partial charge in [0.05, 0.1) is 17.3 Å². The minimum Gasteiger partial charge on any atom is -0.355 e. The van der Waals surface area contributed by atoms with E-state index in [1.54, 1.807) is 23.0 Å². The van der Waals surface area contributed by atoms with Gasteiger partial charge in [-0.15, -0.1) is 0 Å². The predicted octanol–water partition coefficient (Wildman–Crippen LogP) is 2.12. The SMILES string of the molecule is CCNC(=O)CN(CC)C(=O)c1ccn(-c2ccccc2Cl)n1. The van der Waals surface area contributed by atoms with Crippen molar-refractivity contribution in [2.45, 2.75) is 13.8 Å². The highest BCUT2D eigenvalue weighted by atomic mass is 35.5. The van der Waals surface area contributed by atoms with Crippen LogP contribution in [0, 0.1) is 0 Å². The summed E-state index contributed by atoms with van der Waals surface area (Å²) in [6.07, 6.45) is 1.68. The molecule has 6 nitrogen and oxygen atoms in total. The molecule has 0 spiro atoms. The van der Waals surface area contributed by atoms with Gasteiger partial charge in [-0.25, -0.2) is 4.68 Å². The van der Waals surface area contributed by atoms with Crippen molar-refractivity contribution in [1.82, 2.24) is 20.0 Å². The summed E-state index contributed by atoms with van der Waals surface area (Å²) in [6, 6.07) is 8.86. The second kappa shape index (κ2) is 7.78. The van der Waals surface area contributed by atoms with Gasteiger partial charge in [0, 0.05) is 19.3 Å². The molecule has 0 unspecified atom stereocenters. The van der Waals surface area contributed by atoms with Gasteiger partial charge in [0.15, 0.2) is 5.69 Å². The van der Waals surface area contributed by atoms with Crippen molar-refractivity contribution in [3.05, 3.63) is 47.2 Å². The number of nitrogens with one attached hydrogen (secondary N) is 1. The van der Waals surface area contributed by atoms with Gasteiger partial charge in [-0.3, -0.25) is 9.59 Å². The molecule has 1 N–H and O–H groups in total. The molecule has 2 rings (SSSR count). The fourth-order valence-electron chi connectivity index (χ4n) is 2.13. The van der Waals surface area contributed by atoms with Crippen LogP contribution in [0.25, 0.3) is 5.69 Å². The first kappa shape index (κ1) is 17.0. The van der Waals surface area contributed by atoms with Crippen LogP contribution in [0.1, 0.15) is 24.3 Å². The first-order chi connectivity index (χ1) is 11.1. The fourth-order valence-corrected chi connectivity index (χ4v) is 2.35. The largest absolute Gasteiger partial charge is 0.355 e. The number of hydrogen-bond acceptors (Lipinski definition) is 3. The van der Waals surface area contributed by atoms with Crippen molar-refractivity contribution in [2.24, 2.45) is 0 Å². The second-order valence-corrected chi connectivity index (χ2v) is 5.28. The van der Waals surface area contributed by atoms with Crippen molar-refractivity contribution in [1.29, 1.82) is 0 Å². The van der Waals surface area contributed by atoms with E-state index in [0.29, 0.717) is 23.8 Å². The predicted molar refractivity (Wildman–Crippen MR) is 88.8 cm³/mol. The highest BCUT2D eigenvalue weighted by Crippen LogP contribution is 2.19. The number of likely N-dealkylation sites (N-methyl/N-ethyl adjacent to an activating group) is 2. The number of benzene rings is 1. The molecule has 1 aromatic heterocycles. The number of halogens is 1. The molecular weight excluding hydrogens is 316 g/mol. The number of aromatic nitrogens is 2. The van der Waals surface area contributed by atoms with Gasteiger partial charge in [0.2, 0.25) is 5.91 Å². The zero-order chi connectivity index (χ0) is 16.8. The minimum absolute atomic E-state index is 0.0160. The summed E-state index contributed by atoms with van der Waals surface area (Å²) in [5.41, 5.74) is 0.969. The average Bonchev–Trinajstić information content (AvgIpc) is 3.02. The summed E-state index contributed by atoms with van der Waals surface area (Å²) < 4.78 is 1.55. The molecule has 122 valence electrons. The summed E-state index contributed by atoms with van der Waals surface area (Å²) in [7, 11) is 0. The van der Waals surface area contributed by atoms with Crippen molar-refractivity contribution >= 4 is 23.4 Å². The Kier molecular flexibility index (Phi) is 5.76. The smallest absolute Gasteiger partial charge is 0.274 e. The van der Waals surface area contributed by atoms with Crippen LogP contribution in [0.3, 0.4) is 0 Å². The van der Waals surface area contributed by atoms with Crippen LogP contribution < -0.4 is 5.32 Å². The Labute approximate surface area is 140 Å². The lowest BCUT2D eigenvalue weighted by atomic mass is 10.3. The Morgan fingerprint density at radius 3 is 2.65 bits per heavy atom. The van der Waals surface area contributed by atoms with E-state index in [4.69, 9.17) is 11.6 Å². The average molecular weight is 335 g/mol. The van der Waals surface area contributed by atoms with Crippen LogP contribution in [0.2, 0.25) is 5.02 Å². The van der Waals surface area contributed by atoms with Gasteiger partial charge in [-0.2, -0.15) is 5.10 Å². The quantitative estimate of drug-likeness (QED) is 0.880. The van der Waals surface area contributed by atoms with Gasteiger partial charge < -0.3 is 10.2 Å².